The Labute approximate surface area is 110 Å². The minimum Gasteiger partial charge on any atom is -0.319 e. The van der Waals surface area contributed by atoms with E-state index in [0.717, 1.165) is 12.8 Å². The summed E-state index contributed by atoms with van der Waals surface area (Å²) in [6.45, 7) is 2.04. The van der Waals surface area contributed by atoms with Gasteiger partial charge in [-0.2, -0.15) is 0 Å². The van der Waals surface area contributed by atoms with E-state index in [1.807, 2.05) is 6.92 Å². The van der Waals surface area contributed by atoms with Crippen LogP contribution in [0.3, 0.4) is 0 Å². The molecule has 1 aromatic heterocycles. The number of nitrogens with one attached hydrogen (secondary N) is 2. The molecule has 0 saturated heterocycles. The van der Waals surface area contributed by atoms with Crippen LogP contribution in [0, 0.1) is 0 Å². The summed E-state index contributed by atoms with van der Waals surface area (Å²) in [5.41, 5.74) is 0.620. The van der Waals surface area contributed by atoms with E-state index >= 15 is 0 Å². The lowest BCUT2D eigenvalue weighted by Gasteiger charge is -2.02. The Balaban J connectivity index is 2.07. The van der Waals surface area contributed by atoms with Crippen LogP contribution in [0.15, 0.2) is 24.3 Å². The average Bonchev–Trinajstić information content (AvgIpc) is 2.78. The third-order valence-corrected chi connectivity index (χ3v) is 2.54. The number of carbonyl (C=O) groups excluding carboxylic acids is 1. The number of aryl methyl sites for hydroxylation is 1. The summed E-state index contributed by atoms with van der Waals surface area (Å²) in [6.07, 6.45) is 1.72. The van der Waals surface area contributed by atoms with Gasteiger partial charge < -0.3 is 5.32 Å². The number of benzene rings is 1. The molecule has 2 rings (SSSR count). The number of H-pyrrole nitrogens is 1. The zero-order valence-electron chi connectivity index (χ0n) is 9.90. The molecule has 5 nitrogen and oxygen atoms in total. The molecule has 0 fully saturated rings. The molecule has 0 bridgehead atoms. The molecule has 0 aliphatic carbocycles. The molecule has 0 unspecified atom stereocenters. The SMILES string of the molecule is CCCc1nc(C(=O)Nc2cccc(Cl)c2)n[nH]1. The van der Waals surface area contributed by atoms with Gasteiger partial charge >= 0.3 is 0 Å². The summed E-state index contributed by atoms with van der Waals surface area (Å²) in [4.78, 5) is 16.0. The van der Waals surface area contributed by atoms with E-state index in [2.05, 4.69) is 20.5 Å². The van der Waals surface area contributed by atoms with Crippen LogP contribution in [0.1, 0.15) is 29.8 Å². The van der Waals surface area contributed by atoms with Gasteiger partial charge in [0.2, 0.25) is 5.82 Å². The van der Waals surface area contributed by atoms with Crippen LogP contribution in [0.4, 0.5) is 5.69 Å². The van der Waals surface area contributed by atoms with E-state index in [1.54, 1.807) is 24.3 Å². The second-order valence-corrected chi connectivity index (χ2v) is 4.26. The van der Waals surface area contributed by atoms with Crippen molar-refractivity contribution in [2.24, 2.45) is 0 Å². The van der Waals surface area contributed by atoms with Gasteiger partial charge in [0.1, 0.15) is 5.82 Å². The highest BCUT2D eigenvalue weighted by Gasteiger charge is 2.12. The fourth-order valence-electron chi connectivity index (χ4n) is 1.50. The second-order valence-electron chi connectivity index (χ2n) is 3.82. The van der Waals surface area contributed by atoms with Crippen LogP contribution < -0.4 is 5.32 Å². The Morgan fingerprint density at radius 3 is 3.06 bits per heavy atom. The molecule has 0 radical (unpaired) electrons. The number of halogens is 1. The van der Waals surface area contributed by atoms with Crippen molar-refractivity contribution in [2.75, 3.05) is 5.32 Å². The van der Waals surface area contributed by atoms with Crippen molar-refractivity contribution in [3.63, 3.8) is 0 Å². The smallest absolute Gasteiger partial charge is 0.295 e. The predicted molar refractivity (Wildman–Crippen MR) is 69.8 cm³/mol. The molecular weight excluding hydrogens is 252 g/mol. The van der Waals surface area contributed by atoms with Gasteiger partial charge in [0.05, 0.1) is 0 Å². The Hall–Kier alpha value is -1.88. The summed E-state index contributed by atoms with van der Waals surface area (Å²) in [6, 6.07) is 6.92. The molecular formula is C12H13ClN4O. The fraction of sp³-hybridized carbons (Fsp3) is 0.250. The molecule has 0 saturated carbocycles. The van der Waals surface area contributed by atoms with E-state index in [0.29, 0.717) is 16.5 Å². The molecule has 18 heavy (non-hydrogen) atoms. The van der Waals surface area contributed by atoms with Crippen molar-refractivity contribution in [2.45, 2.75) is 19.8 Å². The fourth-order valence-corrected chi connectivity index (χ4v) is 1.69. The van der Waals surface area contributed by atoms with Gasteiger partial charge in [-0.3, -0.25) is 9.89 Å². The van der Waals surface area contributed by atoms with Crippen molar-refractivity contribution < 1.29 is 4.79 Å². The van der Waals surface area contributed by atoms with Crippen molar-refractivity contribution in [3.8, 4) is 0 Å². The lowest BCUT2D eigenvalue weighted by molar-refractivity contribution is 0.101. The Morgan fingerprint density at radius 1 is 1.50 bits per heavy atom. The Kier molecular flexibility index (Phi) is 3.94. The van der Waals surface area contributed by atoms with Crippen LogP contribution in [-0.4, -0.2) is 21.1 Å². The van der Waals surface area contributed by atoms with Gasteiger partial charge in [-0.15, -0.1) is 5.10 Å². The first-order chi connectivity index (χ1) is 8.69. The normalized spacial score (nSPS) is 10.3. The zero-order chi connectivity index (χ0) is 13.0. The molecule has 0 aliphatic heterocycles. The number of nitrogens with zero attached hydrogens (tertiary/aromatic N) is 2. The summed E-state index contributed by atoms with van der Waals surface area (Å²) < 4.78 is 0. The zero-order valence-corrected chi connectivity index (χ0v) is 10.7. The highest BCUT2D eigenvalue weighted by Crippen LogP contribution is 2.15. The quantitative estimate of drug-likeness (QED) is 0.892. The number of anilines is 1. The summed E-state index contributed by atoms with van der Waals surface area (Å²) in [7, 11) is 0. The van der Waals surface area contributed by atoms with Gasteiger partial charge in [0.25, 0.3) is 5.91 Å². The van der Waals surface area contributed by atoms with Crippen molar-refractivity contribution in [1.82, 2.24) is 15.2 Å². The van der Waals surface area contributed by atoms with Crippen LogP contribution in [0.25, 0.3) is 0 Å². The number of hydrogen-bond donors (Lipinski definition) is 2. The lowest BCUT2D eigenvalue weighted by atomic mass is 10.3. The van der Waals surface area contributed by atoms with E-state index in [4.69, 9.17) is 11.6 Å². The topological polar surface area (TPSA) is 70.7 Å². The predicted octanol–water partition coefficient (Wildman–Crippen LogP) is 2.66. The minimum absolute atomic E-state index is 0.137. The van der Waals surface area contributed by atoms with E-state index in [1.165, 1.54) is 0 Å². The van der Waals surface area contributed by atoms with Gasteiger partial charge in [-0.1, -0.05) is 24.6 Å². The maximum absolute atomic E-state index is 11.8. The maximum Gasteiger partial charge on any atom is 0.295 e. The molecule has 1 amide bonds. The van der Waals surface area contributed by atoms with Gasteiger partial charge in [-0.25, -0.2) is 4.98 Å². The molecule has 0 spiro atoms. The number of aromatic amines is 1. The molecule has 6 heteroatoms. The summed E-state index contributed by atoms with van der Waals surface area (Å²) >= 11 is 5.83. The van der Waals surface area contributed by atoms with Gasteiger partial charge in [0.15, 0.2) is 0 Å². The van der Waals surface area contributed by atoms with Crippen LogP contribution in [-0.2, 0) is 6.42 Å². The summed E-state index contributed by atoms with van der Waals surface area (Å²) in [5, 5.41) is 9.86. The first-order valence-corrected chi connectivity index (χ1v) is 6.05. The van der Waals surface area contributed by atoms with Crippen LogP contribution >= 0.6 is 11.6 Å². The molecule has 0 aliphatic rings. The number of amides is 1. The minimum atomic E-state index is -0.351. The largest absolute Gasteiger partial charge is 0.319 e. The van der Waals surface area contributed by atoms with E-state index in [-0.39, 0.29) is 11.7 Å². The highest BCUT2D eigenvalue weighted by molar-refractivity contribution is 6.30. The number of carbonyl (C=O) groups is 1. The number of hydrogen-bond acceptors (Lipinski definition) is 3. The van der Waals surface area contributed by atoms with Crippen molar-refractivity contribution in [1.29, 1.82) is 0 Å². The third kappa shape index (κ3) is 3.07. The summed E-state index contributed by atoms with van der Waals surface area (Å²) in [5.74, 6) is 0.503. The number of aromatic nitrogens is 3. The molecule has 0 atom stereocenters. The third-order valence-electron chi connectivity index (χ3n) is 2.30. The first-order valence-electron chi connectivity index (χ1n) is 5.67. The first kappa shape index (κ1) is 12.6. The number of rotatable bonds is 4. The van der Waals surface area contributed by atoms with E-state index in [9.17, 15) is 4.79 Å². The lowest BCUT2D eigenvalue weighted by Crippen LogP contribution is -2.13. The van der Waals surface area contributed by atoms with Gasteiger partial charge in [-0.05, 0) is 24.6 Å². The molecule has 1 heterocycles. The highest BCUT2D eigenvalue weighted by atomic mass is 35.5. The Bertz CT molecular complexity index is 553. The molecule has 2 aromatic rings. The molecule has 1 aromatic carbocycles. The van der Waals surface area contributed by atoms with Crippen LogP contribution in [0.5, 0.6) is 0 Å². The monoisotopic (exact) mass is 264 g/mol. The molecule has 2 N–H and O–H groups in total. The molecule has 94 valence electrons. The maximum atomic E-state index is 11.8. The Morgan fingerprint density at radius 2 is 2.33 bits per heavy atom. The average molecular weight is 265 g/mol. The van der Waals surface area contributed by atoms with E-state index < -0.39 is 0 Å². The second kappa shape index (κ2) is 5.64. The van der Waals surface area contributed by atoms with Crippen molar-refractivity contribution in [3.05, 3.63) is 40.9 Å². The standard InChI is InChI=1S/C12H13ClN4O/c1-2-4-10-15-11(17-16-10)12(18)14-9-6-3-5-8(13)7-9/h3,5-7H,2,4H2,1H3,(H,14,18)(H,15,16,17). The van der Waals surface area contributed by atoms with Crippen molar-refractivity contribution >= 4 is 23.2 Å². The van der Waals surface area contributed by atoms with Gasteiger partial charge in [0, 0.05) is 17.1 Å². The van der Waals surface area contributed by atoms with Crippen LogP contribution in [0.2, 0.25) is 5.02 Å².